The van der Waals surface area contributed by atoms with Gasteiger partial charge in [-0.05, 0) is 19.8 Å². The van der Waals surface area contributed by atoms with Gasteiger partial charge >= 0.3 is 0 Å². The largest absolute Gasteiger partial charge is 0.313 e. The van der Waals surface area contributed by atoms with Crippen LogP contribution in [0.25, 0.3) is 0 Å². The number of nitrogens with one attached hydrogen (secondary N) is 1. The van der Waals surface area contributed by atoms with Gasteiger partial charge in [-0.1, -0.05) is 48.8 Å². The lowest BCUT2D eigenvalue weighted by molar-refractivity contribution is 0.474. The summed E-state index contributed by atoms with van der Waals surface area (Å²) in [6, 6.07) is 0.759. The van der Waals surface area contributed by atoms with Gasteiger partial charge in [0.1, 0.15) is 5.01 Å². The summed E-state index contributed by atoms with van der Waals surface area (Å²) in [5.41, 5.74) is 0. The van der Waals surface area contributed by atoms with Gasteiger partial charge in [-0.3, -0.25) is 0 Å². The molecule has 0 unspecified atom stereocenters. The number of aryl methyl sites for hydroxylation is 1. The summed E-state index contributed by atoms with van der Waals surface area (Å²) in [7, 11) is 0. The van der Waals surface area contributed by atoms with Gasteiger partial charge in [0.25, 0.3) is 0 Å². The number of hydrogen-bond donors (Lipinski definition) is 1. The van der Waals surface area contributed by atoms with E-state index in [1.807, 2.05) is 18.7 Å². The lowest BCUT2D eigenvalue weighted by atomic mass is 10.1. The Bertz CT molecular complexity index is 319. The fraction of sp³-hybridized carbons (Fsp3) is 0.833. The molecular weight excluding hydrogens is 250 g/mol. The zero-order valence-corrected chi connectivity index (χ0v) is 12.1. The molecule has 1 aromatic rings. The molecule has 0 saturated heterocycles. The predicted octanol–water partition coefficient (Wildman–Crippen LogP) is 3.25. The van der Waals surface area contributed by atoms with E-state index >= 15 is 0 Å². The normalized spacial score (nSPS) is 18.2. The number of nitrogens with zero attached hydrogens (tertiary/aromatic N) is 2. The van der Waals surface area contributed by atoms with E-state index in [2.05, 4.69) is 15.5 Å². The van der Waals surface area contributed by atoms with Gasteiger partial charge in [0, 0.05) is 18.3 Å². The molecule has 0 spiro atoms. The van der Waals surface area contributed by atoms with Crippen LogP contribution in [0.15, 0.2) is 4.34 Å². The maximum Gasteiger partial charge on any atom is 0.174 e. The third-order valence-corrected chi connectivity index (χ3v) is 5.10. The highest BCUT2D eigenvalue weighted by Gasteiger charge is 2.11. The molecule has 0 bridgehead atoms. The van der Waals surface area contributed by atoms with Crippen LogP contribution in [-0.4, -0.2) is 28.5 Å². The first-order chi connectivity index (χ1) is 8.34. The monoisotopic (exact) mass is 271 g/mol. The minimum absolute atomic E-state index is 0.759. The van der Waals surface area contributed by atoms with Crippen LogP contribution >= 0.6 is 23.1 Å². The molecule has 3 nitrogen and oxygen atoms in total. The van der Waals surface area contributed by atoms with Crippen LogP contribution in [-0.2, 0) is 0 Å². The van der Waals surface area contributed by atoms with Crippen LogP contribution in [0, 0.1) is 6.92 Å². The lowest BCUT2D eigenvalue weighted by Crippen LogP contribution is -2.30. The minimum atomic E-state index is 0.759. The van der Waals surface area contributed by atoms with Crippen LogP contribution in [0.2, 0.25) is 0 Å². The second kappa shape index (κ2) is 7.34. The van der Waals surface area contributed by atoms with Gasteiger partial charge in [0.2, 0.25) is 0 Å². The Morgan fingerprint density at radius 3 is 2.65 bits per heavy atom. The van der Waals surface area contributed by atoms with E-state index in [0.29, 0.717) is 0 Å². The number of thioether (sulfide) groups is 1. The summed E-state index contributed by atoms with van der Waals surface area (Å²) < 4.78 is 1.10. The molecule has 1 aliphatic carbocycles. The SMILES string of the molecule is Cc1nnc(SCCNC2CCCCCC2)s1. The van der Waals surface area contributed by atoms with E-state index < -0.39 is 0 Å². The Balaban J connectivity index is 1.59. The van der Waals surface area contributed by atoms with Crippen LogP contribution in [0.3, 0.4) is 0 Å². The summed E-state index contributed by atoms with van der Waals surface area (Å²) in [5, 5.41) is 12.9. The summed E-state index contributed by atoms with van der Waals surface area (Å²) >= 11 is 3.51. The third-order valence-electron chi connectivity index (χ3n) is 3.12. The number of hydrogen-bond acceptors (Lipinski definition) is 5. The molecule has 5 heteroatoms. The second-order valence-corrected chi connectivity index (χ2v) is 7.10. The molecule has 1 heterocycles. The van der Waals surface area contributed by atoms with E-state index in [9.17, 15) is 0 Å². The predicted molar refractivity (Wildman–Crippen MR) is 74.9 cm³/mol. The van der Waals surface area contributed by atoms with E-state index in [-0.39, 0.29) is 0 Å². The van der Waals surface area contributed by atoms with Crippen LogP contribution in [0.5, 0.6) is 0 Å². The first-order valence-electron chi connectivity index (χ1n) is 6.51. The maximum absolute atomic E-state index is 4.12. The third kappa shape index (κ3) is 4.94. The van der Waals surface area contributed by atoms with Crippen molar-refractivity contribution in [3.8, 4) is 0 Å². The van der Waals surface area contributed by atoms with Crippen molar-refractivity contribution in [2.75, 3.05) is 12.3 Å². The van der Waals surface area contributed by atoms with Crippen molar-refractivity contribution >= 4 is 23.1 Å². The Hall–Kier alpha value is -0.130. The average molecular weight is 271 g/mol. The average Bonchev–Trinajstić information content (AvgIpc) is 2.59. The lowest BCUT2D eigenvalue weighted by Gasteiger charge is -2.15. The van der Waals surface area contributed by atoms with Gasteiger partial charge in [-0.25, -0.2) is 0 Å². The minimum Gasteiger partial charge on any atom is -0.313 e. The Kier molecular flexibility index (Phi) is 5.74. The van der Waals surface area contributed by atoms with Gasteiger partial charge in [0.15, 0.2) is 4.34 Å². The van der Waals surface area contributed by atoms with E-state index in [1.165, 1.54) is 38.5 Å². The number of rotatable bonds is 5. The molecule has 17 heavy (non-hydrogen) atoms. The quantitative estimate of drug-likeness (QED) is 0.507. The van der Waals surface area contributed by atoms with Crippen LogP contribution in [0.1, 0.15) is 43.5 Å². The Labute approximate surface area is 112 Å². The molecule has 1 N–H and O–H groups in total. The summed E-state index contributed by atoms with van der Waals surface area (Å²) in [6.45, 7) is 3.10. The van der Waals surface area contributed by atoms with Gasteiger partial charge in [-0.15, -0.1) is 10.2 Å². The molecule has 1 aliphatic rings. The van der Waals surface area contributed by atoms with Crippen molar-refractivity contribution in [3.63, 3.8) is 0 Å². The zero-order chi connectivity index (χ0) is 11.9. The molecule has 96 valence electrons. The molecule has 0 atom stereocenters. The highest BCUT2D eigenvalue weighted by Crippen LogP contribution is 2.21. The van der Waals surface area contributed by atoms with Crippen molar-refractivity contribution in [2.24, 2.45) is 0 Å². The fourth-order valence-corrected chi connectivity index (χ4v) is 3.98. The highest BCUT2D eigenvalue weighted by atomic mass is 32.2. The van der Waals surface area contributed by atoms with Gasteiger partial charge in [0.05, 0.1) is 0 Å². The zero-order valence-electron chi connectivity index (χ0n) is 10.4. The molecule has 0 radical (unpaired) electrons. The van der Waals surface area contributed by atoms with Crippen LogP contribution in [0.4, 0.5) is 0 Å². The van der Waals surface area contributed by atoms with Crippen molar-refractivity contribution in [2.45, 2.75) is 55.8 Å². The van der Waals surface area contributed by atoms with Gasteiger partial charge in [-0.2, -0.15) is 0 Å². The first kappa shape index (κ1) is 13.3. The first-order valence-corrected chi connectivity index (χ1v) is 8.31. The molecule has 1 saturated carbocycles. The van der Waals surface area contributed by atoms with Crippen molar-refractivity contribution in [1.29, 1.82) is 0 Å². The molecule has 1 fully saturated rings. The van der Waals surface area contributed by atoms with Crippen molar-refractivity contribution < 1.29 is 0 Å². The van der Waals surface area contributed by atoms with Gasteiger partial charge < -0.3 is 5.32 Å². The van der Waals surface area contributed by atoms with Crippen molar-refractivity contribution in [3.05, 3.63) is 5.01 Å². The number of aromatic nitrogens is 2. The fourth-order valence-electron chi connectivity index (χ4n) is 2.22. The summed E-state index contributed by atoms with van der Waals surface area (Å²) in [5.74, 6) is 1.10. The molecule has 2 rings (SSSR count). The van der Waals surface area contributed by atoms with Crippen LogP contribution < -0.4 is 5.32 Å². The molecule has 0 amide bonds. The van der Waals surface area contributed by atoms with E-state index in [4.69, 9.17) is 0 Å². The van der Waals surface area contributed by atoms with E-state index in [0.717, 1.165) is 27.7 Å². The smallest absolute Gasteiger partial charge is 0.174 e. The Morgan fingerprint density at radius 2 is 2.00 bits per heavy atom. The summed E-state index contributed by atoms with van der Waals surface area (Å²) in [6.07, 6.45) is 8.39. The maximum atomic E-state index is 4.12. The molecule has 0 aliphatic heterocycles. The highest BCUT2D eigenvalue weighted by molar-refractivity contribution is 8.01. The van der Waals surface area contributed by atoms with E-state index in [1.54, 1.807) is 11.3 Å². The molecule has 1 aromatic heterocycles. The van der Waals surface area contributed by atoms with Crippen molar-refractivity contribution in [1.82, 2.24) is 15.5 Å². The summed E-state index contributed by atoms with van der Waals surface area (Å²) in [4.78, 5) is 0. The Morgan fingerprint density at radius 1 is 1.24 bits per heavy atom. The topological polar surface area (TPSA) is 37.8 Å². The molecular formula is C12H21N3S2. The molecule has 0 aromatic carbocycles. The second-order valence-electron chi connectivity index (χ2n) is 4.58. The standard InChI is InChI=1S/C12H21N3S2/c1-10-14-15-12(17-10)16-9-8-13-11-6-4-2-3-5-7-11/h11,13H,2-9H2,1H3.